The Balaban J connectivity index is 0.972. The predicted octanol–water partition coefficient (Wildman–Crippen LogP) is -2.07. The minimum atomic E-state index is -0.955. The van der Waals surface area contributed by atoms with Crippen molar-refractivity contribution in [3.05, 3.63) is 45.1 Å². The van der Waals surface area contributed by atoms with E-state index in [0.29, 0.717) is 53.2 Å². The second-order valence-corrected chi connectivity index (χ2v) is 14.1. The van der Waals surface area contributed by atoms with Crippen LogP contribution in [0.4, 0.5) is 0 Å². The highest BCUT2D eigenvalue weighted by Gasteiger charge is 2.73. The number of ether oxygens (including phenoxy) is 3. The minimum Gasteiger partial charge on any atom is -0.445 e. The molecule has 15 nitrogen and oxygen atoms in total. The summed E-state index contributed by atoms with van der Waals surface area (Å²) in [5, 5.41) is 13.2. The van der Waals surface area contributed by atoms with Gasteiger partial charge in [-0.05, 0) is 27.3 Å². The maximum absolute atomic E-state index is 14.2. The van der Waals surface area contributed by atoms with Crippen molar-refractivity contribution in [3.8, 4) is 12.2 Å². The van der Waals surface area contributed by atoms with Gasteiger partial charge in [-0.2, -0.15) is 0 Å². The van der Waals surface area contributed by atoms with Gasteiger partial charge < -0.3 is 51.0 Å². The van der Waals surface area contributed by atoms with E-state index in [-0.39, 0.29) is 84.6 Å². The van der Waals surface area contributed by atoms with Crippen LogP contribution in [0.3, 0.4) is 0 Å². The molecule has 4 saturated heterocycles. The van der Waals surface area contributed by atoms with Crippen LogP contribution in [0.2, 0.25) is 0 Å². The van der Waals surface area contributed by atoms with Crippen molar-refractivity contribution in [3.63, 3.8) is 0 Å². The third-order valence-corrected chi connectivity index (χ3v) is 11.9. The lowest BCUT2D eigenvalue weighted by molar-refractivity contribution is -0.136. The van der Waals surface area contributed by atoms with E-state index in [9.17, 15) is 19.2 Å². The molecule has 0 amide bonds. The molecule has 0 bridgehead atoms. The number of carbonyl (C=O) groups is 4. The molecule has 0 aromatic carbocycles. The number of hydrogen-bond acceptors (Lipinski definition) is 15. The van der Waals surface area contributed by atoms with Gasteiger partial charge >= 0.3 is 0 Å². The van der Waals surface area contributed by atoms with Crippen LogP contribution < -0.4 is 27.0 Å². The molecule has 0 aromatic rings. The van der Waals surface area contributed by atoms with Crippen molar-refractivity contribution in [1.82, 2.24) is 36.0 Å². The van der Waals surface area contributed by atoms with Gasteiger partial charge in [0.05, 0.1) is 54.1 Å². The fourth-order valence-corrected chi connectivity index (χ4v) is 9.62. The van der Waals surface area contributed by atoms with Gasteiger partial charge in [-0.25, -0.2) is 0 Å². The fourth-order valence-electron chi connectivity index (χ4n) is 9.62. The average molecular weight is 675 g/mol. The number of hydrogen-bond donors (Lipinski definition) is 5. The molecule has 6 aliphatic heterocycles. The van der Waals surface area contributed by atoms with Crippen LogP contribution in [0, 0.1) is 24.0 Å². The Bertz CT molecular complexity index is 1810. The van der Waals surface area contributed by atoms with Crippen molar-refractivity contribution >= 4 is 23.1 Å². The first-order valence-electron chi connectivity index (χ1n) is 16.8. The molecule has 0 unspecified atom stereocenters. The van der Waals surface area contributed by atoms with E-state index in [4.69, 9.17) is 19.9 Å². The summed E-state index contributed by atoms with van der Waals surface area (Å²) in [6, 6.07) is 2.64. The van der Waals surface area contributed by atoms with E-state index >= 15 is 0 Å². The third kappa shape index (κ3) is 3.97. The van der Waals surface area contributed by atoms with Gasteiger partial charge in [-0.1, -0.05) is 6.92 Å². The van der Waals surface area contributed by atoms with Crippen LogP contribution >= 0.6 is 0 Å². The van der Waals surface area contributed by atoms with Gasteiger partial charge in [0, 0.05) is 73.6 Å². The van der Waals surface area contributed by atoms with E-state index in [1.807, 2.05) is 21.6 Å². The number of ketones is 4. The summed E-state index contributed by atoms with van der Waals surface area (Å²) in [7, 11) is 5.04. The molecule has 0 saturated carbocycles. The van der Waals surface area contributed by atoms with Gasteiger partial charge in [0.15, 0.2) is 11.4 Å². The molecular weight excluding hydrogens is 632 g/mol. The minimum absolute atomic E-state index is 0.0205. The topological polar surface area (TPSA) is 200 Å². The van der Waals surface area contributed by atoms with Crippen molar-refractivity contribution in [2.75, 3.05) is 54.3 Å². The Kier molecular flexibility index (Phi) is 7.12. The number of nitrogens with one attached hydrogen (secondary N) is 4. The van der Waals surface area contributed by atoms with E-state index in [1.54, 1.807) is 35.1 Å². The van der Waals surface area contributed by atoms with Gasteiger partial charge in [0.2, 0.25) is 23.1 Å². The Morgan fingerprint density at radius 2 is 1.31 bits per heavy atom. The molecular formula is C34H42N8O7. The molecule has 260 valence electrons. The molecule has 8 rings (SSSR count). The Morgan fingerprint density at radius 3 is 1.76 bits per heavy atom. The lowest BCUT2D eigenvalue weighted by Gasteiger charge is -2.39. The van der Waals surface area contributed by atoms with Crippen LogP contribution in [-0.2, 0) is 33.4 Å². The molecule has 6 N–H and O–H groups in total. The summed E-state index contributed by atoms with van der Waals surface area (Å²) in [6.07, 6.45) is 3.05. The quantitative estimate of drug-likeness (QED) is 0.0526. The monoisotopic (exact) mass is 674 g/mol. The number of allylic oxidation sites excluding steroid dienone is 4. The average Bonchev–Trinajstić information content (AvgIpc) is 3.92. The molecule has 6 heterocycles. The number of rotatable bonds is 11. The molecule has 2 aliphatic carbocycles. The zero-order valence-corrected chi connectivity index (χ0v) is 28.5. The van der Waals surface area contributed by atoms with Gasteiger partial charge in [-0.3, -0.25) is 24.1 Å². The van der Waals surface area contributed by atoms with Crippen LogP contribution in [-0.4, -0.2) is 128 Å². The van der Waals surface area contributed by atoms with Gasteiger partial charge in [0.1, 0.15) is 12.7 Å². The SMILES string of the molecule is CC[C@@H]1C2=C(C(=O)C(C)=C(NCN(C)CNC3=C(C)C(=O)C4=C(C3=O)[C@@H](COC#CN)[C@@]3(OC)[C@H]5N[C@H]5CN43)C2=O)N2C[C@@H]3N[C@@H]3[C@]12OC. The second-order valence-electron chi connectivity index (χ2n) is 14.1. The molecule has 0 radical (unpaired) electrons. The first-order chi connectivity index (χ1) is 23.5. The summed E-state index contributed by atoms with van der Waals surface area (Å²) in [6.45, 7) is 6.89. The molecule has 8 atom stereocenters. The largest absolute Gasteiger partial charge is 0.445 e. The molecule has 0 aromatic heterocycles. The number of methoxy groups -OCH3 is 2. The fraction of sp³-hybridized carbons (Fsp3) is 0.588. The van der Waals surface area contributed by atoms with Crippen molar-refractivity contribution < 1.29 is 33.4 Å². The van der Waals surface area contributed by atoms with Crippen LogP contribution in [0.5, 0.6) is 0 Å². The maximum Gasteiger partial charge on any atom is 0.208 e. The second kappa shape index (κ2) is 10.9. The maximum atomic E-state index is 14.2. The van der Waals surface area contributed by atoms with E-state index < -0.39 is 17.4 Å². The standard InChI is InChI=1S/C34H42N8O7/c1-7-17-21-25(41-10-19-31(38-19)33(17,41)47-5)27(43)15(2)23(29(21)45)36-13-40(4)14-37-24-16(3)28(44)26-22(30(24)46)18(12-49-9-8-35)34(48-6)32-20(39-32)11-42(26)34/h17-20,31-32,36-39H,7,10-14,35H2,1-6H3/t17-,18-,19+,20+,31+,32+,33-,34-/m1/s1. The lowest BCUT2D eigenvalue weighted by Crippen LogP contribution is -2.55. The summed E-state index contributed by atoms with van der Waals surface area (Å²) in [5.74, 6) is -1.73. The molecule has 8 aliphatic rings. The highest BCUT2D eigenvalue weighted by Crippen LogP contribution is 2.57. The highest BCUT2D eigenvalue weighted by molar-refractivity contribution is 6.26. The zero-order valence-electron chi connectivity index (χ0n) is 28.5. The van der Waals surface area contributed by atoms with Crippen molar-refractivity contribution in [2.24, 2.45) is 17.6 Å². The van der Waals surface area contributed by atoms with Crippen molar-refractivity contribution in [1.29, 1.82) is 0 Å². The number of piperazine rings is 2. The lowest BCUT2D eigenvalue weighted by atomic mass is 9.80. The zero-order chi connectivity index (χ0) is 34.7. The summed E-state index contributed by atoms with van der Waals surface area (Å²) in [4.78, 5) is 61.7. The van der Waals surface area contributed by atoms with Crippen LogP contribution in [0.1, 0.15) is 27.2 Å². The Hall–Kier alpha value is -4.20. The first-order valence-corrected chi connectivity index (χ1v) is 16.8. The van der Waals surface area contributed by atoms with E-state index in [2.05, 4.69) is 33.4 Å². The Labute approximate surface area is 284 Å². The normalized spacial score (nSPS) is 36.6. The molecule has 0 spiro atoms. The number of carbonyl (C=O) groups excluding carboxylic acids is 4. The van der Waals surface area contributed by atoms with E-state index in [1.165, 1.54) is 0 Å². The summed E-state index contributed by atoms with van der Waals surface area (Å²) < 4.78 is 17.7. The van der Waals surface area contributed by atoms with Crippen molar-refractivity contribution in [2.45, 2.75) is 62.8 Å². The predicted molar refractivity (Wildman–Crippen MR) is 173 cm³/mol. The number of nitrogens with zero attached hydrogens (tertiary/aromatic N) is 3. The highest BCUT2D eigenvalue weighted by atomic mass is 16.5. The molecule has 15 heteroatoms. The van der Waals surface area contributed by atoms with Gasteiger partial charge in [0.25, 0.3) is 0 Å². The van der Waals surface area contributed by atoms with E-state index in [0.717, 1.165) is 0 Å². The third-order valence-electron chi connectivity index (χ3n) is 11.9. The smallest absolute Gasteiger partial charge is 0.208 e. The summed E-state index contributed by atoms with van der Waals surface area (Å²) >= 11 is 0. The number of nitrogens with two attached hydrogens (primary N) is 1. The Morgan fingerprint density at radius 1 is 0.837 bits per heavy atom. The number of Topliss-reactive ketones (excluding diaryl/α,β-unsaturated/α-hetero) is 4. The first kappa shape index (κ1) is 32.0. The summed E-state index contributed by atoms with van der Waals surface area (Å²) in [5.41, 5.74) is 6.44. The molecule has 49 heavy (non-hydrogen) atoms. The van der Waals surface area contributed by atoms with Gasteiger partial charge in [-0.15, -0.1) is 0 Å². The number of fused-ring (bicyclic) bond motifs is 8. The van der Waals surface area contributed by atoms with Crippen LogP contribution in [0.25, 0.3) is 0 Å². The van der Waals surface area contributed by atoms with Crippen LogP contribution in [0.15, 0.2) is 45.1 Å². The molecule has 4 fully saturated rings.